The summed E-state index contributed by atoms with van der Waals surface area (Å²) in [6.07, 6.45) is 2.65. The highest BCUT2D eigenvalue weighted by atomic mass is 16.2. The van der Waals surface area contributed by atoms with Gasteiger partial charge in [-0.2, -0.15) is 5.10 Å². The van der Waals surface area contributed by atoms with E-state index in [4.69, 9.17) is 5.73 Å². The highest BCUT2D eigenvalue weighted by Crippen LogP contribution is 2.15. The molecule has 1 unspecified atom stereocenters. The number of carbonyl (C=O) groups excluding carboxylic acids is 1. The molecular formula is C12H21N5O. The molecule has 1 aliphatic rings. The molecule has 1 fully saturated rings. The number of hydrogen-bond donors (Lipinski definition) is 2. The van der Waals surface area contributed by atoms with Crippen LogP contribution in [0.25, 0.3) is 0 Å². The van der Waals surface area contributed by atoms with Crippen molar-refractivity contribution in [3.63, 3.8) is 0 Å². The van der Waals surface area contributed by atoms with Gasteiger partial charge in [0.2, 0.25) is 0 Å². The van der Waals surface area contributed by atoms with Crippen LogP contribution in [0.5, 0.6) is 0 Å². The monoisotopic (exact) mass is 251 g/mol. The summed E-state index contributed by atoms with van der Waals surface area (Å²) >= 11 is 0. The molecule has 0 aromatic carbocycles. The van der Waals surface area contributed by atoms with Gasteiger partial charge in [0.05, 0.1) is 11.9 Å². The minimum Gasteiger partial charge on any atom is -0.396 e. The predicted octanol–water partition coefficient (Wildman–Crippen LogP) is 0.0739. The minimum absolute atomic E-state index is 0.137. The fourth-order valence-electron chi connectivity index (χ4n) is 2.42. The molecule has 6 heteroatoms. The summed E-state index contributed by atoms with van der Waals surface area (Å²) in [6, 6.07) is 0. The molecule has 1 aromatic heterocycles. The smallest absolute Gasteiger partial charge is 0.271 e. The maximum absolute atomic E-state index is 12.0. The van der Waals surface area contributed by atoms with Crippen molar-refractivity contribution < 1.29 is 4.79 Å². The number of nitrogens with one attached hydrogen (secondary N) is 1. The number of nitrogens with two attached hydrogens (primary N) is 1. The Hall–Kier alpha value is -1.56. The van der Waals surface area contributed by atoms with Crippen LogP contribution in [0.2, 0.25) is 0 Å². The van der Waals surface area contributed by atoms with Crippen LogP contribution in [0, 0.1) is 5.92 Å². The number of aromatic nitrogens is 2. The number of hydrogen-bond acceptors (Lipinski definition) is 4. The van der Waals surface area contributed by atoms with Gasteiger partial charge in [-0.25, -0.2) is 0 Å². The van der Waals surface area contributed by atoms with Gasteiger partial charge >= 0.3 is 0 Å². The Morgan fingerprint density at radius 3 is 3.00 bits per heavy atom. The summed E-state index contributed by atoms with van der Waals surface area (Å²) in [5.41, 5.74) is 6.59. The predicted molar refractivity (Wildman–Crippen MR) is 70.2 cm³/mol. The number of nitrogens with zero attached hydrogens (tertiary/aromatic N) is 3. The van der Waals surface area contributed by atoms with Crippen molar-refractivity contribution in [1.29, 1.82) is 0 Å². The van der Waals surface area contributed by atoms with Crippen LogP contribution in [0.3, 0.4) is 0 Å². The highest BCUT2D eigenvalue weighted by Gasteiger charge is 2.22. The van der Waals surface area contributed by atoms with E-state index in [1.807, 2.05) is 0 Å². The molecule has 0 saturated carbocycles. The second-order valence-electron chi connectivity index (χ2n) is 4.83. The maximum Gasteiger partial charge on any atom is 0.271 e. The van der Waals surface area contributed by atoms with E-state index in [1.165, 1.54) is 10.9 Å². The Morgan fingerprint density at radius 2 is 2.44 bits per heavy atom. The van der Waals surface area contributed by atoms with Crippen molar-refractivity contribution in [2.75, 3.05) is 31.9 Å². The molecule has 1 saturated heterocycles. The second kappa shape index (κ2) is 5.39. The summed E-state index contributed by atoms with van der Waals surface area (Å²) in [4.78, 5) is 14.4. The number of anilines is 1. The Bertz CT molecular complexity index is 409. The van der Waals surface area contributed by atoms with Crippen LogP contribution < -0.4 is 11.1 Å². The molecule has 0 bridgehead atoms. The topological polar surface area (TPSA) is 76.2 Å². The Labute approximate surface area is 107 Å². The van der Waals surface area contributed by atoms with Crippen molar-refractivity contribution in [2.24, 2.45) is 13.0 Å². The second-order valence-corrected chi connectivity index (χ2v) is 4.83. The third-order valence-corrected chi connectivity index (χ3v) is 3.55. The van der Waals surface area contributed by atoms with Crippen LogP contribution in [0.1, 0.15) is 23.8 Å². The van der Waals surface area contributed by atoms with E-state index >= 15 is 0 Å². The minimum atomic E-state index is -0.137. The summed E-state index contributed by atoms with van der Waals surface area (Å²) in [5, 5.41) is 6.91. The summed E-state index contributed by atoms with van der Waals surface area (Å²) in [5.74, 6) is 0.408. The van der Waals surface area contributed by atoms with Crippen LogP contribution in [0.15, 0.2) is 6.20 Å². The van der Waals surface area contributed by atoms with Gasteiger partial charge in [0.15, 0.2) is 0 Å². The number of amides is 1. The molecule has 0 aliphatic carbocycles. The molecule has 1 amide bonds. The van der Waals surface area contributed by atoms with E-state index in [0.717, 1.165) is 26.1 Å². The molecule has 6 nitrogen and oxygen atoms in total. The molecule has 100 valence electrons. The van der Waals surface area contributed by atoms with Crippen molar-refractivity contribution in [1.82, 2.24) is 20.0 Å². The SMILES string of the molecule is CCN1CCC(CNC(=O)c2c(N)cnn2C)C1. The van der Waals surface area contributed by atoms with Crippen molar-refractivity contribution in [3.05, 3.63) is 11.9 Å². The molecule has 18 heavy (non-hydrogen) atoms. The van der Waals surface area contributed by atoms with Gasteiger partial charge in [-0.05, 0) is 25.4 Å². The molecule has 1 aliphatic heterocycles. The molecule has 2 rings (SSSR count). The van der Waals surface area contributed by atoms with Crippen LogP contribution in [0.4, 0.5) is 5.69 Å². The largest absolute Gasteiger partial charge is 0.396 e. The van der Waals surface area contributed by atoms with E-state index in [-0.39, 0.29) is 5.91 Å². The number of carbonyl (C=O) groups is 1. The van der Waals surface area contributed by atoms with Gasteiger partial charge in [0.25, 0.3) is 5.91 Å². The third kappa shape index (κ3) is 2.64. The quantitative estimate of drug-likeness (QED) is 0.794. The van der Waals surface area contributed by atoms with Crippen LogP contribution in [-0.4, -0.2) is 46.8 Å². The average Bonchev–Trinajstić information content (AvgIpc) is 2.93. The number of rotatable bonds is 4. The van der Waals surface area contributed by atoms with Crippen molar-refractivity contribution >= 4 is 11.6 Å². The fraction of sp³-hybridized carbons (Fsp3) is 0.667. The molecular weight excluding hydrogens is 230 g/mol. The van der Waals surface area contributed by atoms with Gasteiger partial charge in [-0.15, -0.1) is 0 Å². The fourth-order valence-corrected chi connectivity index (χ4v) is 2.42. The van der Waals surface area contributed by atoms with E-state index in [2.05, 4.69) is 22.2 Å². The standard InChI is InChI=1S/C12H21N5O/c1-3-17-5-4-9(8-17)6-14-12(18)11-10(13)7-15-16(11)2/h7,9H,3-6,8,13H2,1-2H3,(H,14,18). The first kappa shape index (κ1) is 12.9. The van der Waals surface area contributed by atoms with E-state index in [1.54, 1.807) is 7.05 Å². The lowest BCUT2D eigenvalue weighted by molar-refractivity contribution is 0.0939. The Morgan fingerprint density at radius 1 is 1.67 bits per heavy atom. The summed E-state index contributed by atoms with van der Waals surface area (Å²) in [7, 11) is 1.72. The molecule has 1 aromatic rings. The number of nitrogen functional groups attached to an aromatic ring is 1. The summed E-state index contributed by atoms with van der Waals surface area (Å²) < 4.78 is 1.51. The number of likely N-dealkylation sites (tertiary alicyclic amines) is 1. The molecule has 2 heterocycles. The van der Waals surface area contributed by atoms with E-state index < -0.39 is 0 Å². The Balaban J connectivity index is 1.86. The van der Waals surface area contributed by atoms with Crippen molar-refractivity contribution in [2.45, 2.75) is 13.3 Å². The average molecular weight is 251 g/mol. The van der Waals surface area contributed by atoms with Crippen LogP contribution in [-0.2, 0) is 7.05 Å². The normalized spacial score (nSPS) is 20.2. The maximum atomic E-state index is 12.0. The summed E-state index contributed by atoms with van der Waals surface area (Å²) in [6.45, 7) is 6.15. The van der Waals surface area contributed by atoms with Gasteiger partial charge in [0, 0.05) is 20.1 Å². The lowest BCUT2D eigenvalue weighted by Crippen LogP contribution is -2.32. The zero-order chi connectivity index (χ0) is 13.1. The first-order valence-corrected chi connectivity index (χ1v) is 6.39. The third-order valence-electron chi connectivity index (χ3n) is 3.55. The molecule has 0 radical (unpaired) electrons. The molecule has 3 N–H and O–H groups in total. The molecule has 0 spiro atoms. The zero-order valence-corrected chi connectivity index (χ0v) is 11.0. The van der Waals surface area contributed by atoms with E-state index in [9.17, 15) is 4.79 Å². The van der Waals surface area contributed by atoms with Crippen LogP contribution >= 0.6 is 0 Å². The Kier molecular flexibility index (Phi) is 3.86. The highest BCUT2D eigenvalue weighted by molar-refractivity contribution is 5.97. The van der Waals surface area contributed by atoms with Gasteiger partial charge in [0.1, 0.15) is 5.69 Å². The van der Waals surface area contributed by atoms with E-state index in [0.29, 0.717) is 23.8 Å². The van der Waals surface area contributed by atoms with Crippen molar-refractivity contribution in [3.8, 4) is 0 Å². The lowest BCUT2D eigenvalue weighted by Gasteiger charge is -2.13. The zero-order valence-electron chi connectivity index (χ0n) is 11.0. The lowest BCUT2D eigenvalue weighted by atomic mass is 10.1. The molecule has 1 atom stereocenters. The van der Waals surface area contributed by atoms with Gasteiger partial charge < -0.3 is 16.0 Å². The van der Waals surface area contributed by atoms with Gasteiger partial charge in [-0.1, -0.05) is 6.92 Å². The van der Waals surface area contributed by atoms with Gasteiger partial charge in [-0.3, -0.25) is 9.48 Å². The first-order valence-electron chi connectivity index (χ1n) is 6.39. The number of aryl methyl sites for hydroxylation is 1. The first-order chi connectivity index (χ1) is 8.61.